The Labute approximate surface area is 203 Å². The van der Waals surface area contributed by atoms with Gasteiger partial charge in [0.2, 0.25) is 5.91 Å². The number of amides is 1. The van der Waals surface area contributed by atoms with E-state index in [1.54, 1.807) is 22.4 Å². The number of carbonyl (C=O) groups excluding carboxylic acids is 1. The summed E-state index contributed by atoms with van der Waals surface area (Å²) in [7, 11) is 0. The van der Waals surface area contributed by atoms with Crippen LogP contribution in [-0.2, 0) is 11.2 Å². The maximum Gasteiger partial charge on any atom is 0.252 e. The number of aromatic nitrogens is 1. The minimum atomic E-state index is -0.549. The Kier molecular flexibility index (Phi) is 6.16. The SMILES string of the molecule is CC(C)Nc1c(Cc2cccc3ccccc23)cc(=O)n2c1SC[C@H]2C(=O)Nc1ccccc1. The molecule has 0 unspecified atom stereocenters. The van der Waals surface area contributed by atoms with Crippen molar-refractivity contribution in [3.8, 4) is 0 Å². The first-order valence-electron chi connectivity index (χ1n) is 11.5. The van der Waals surface area contributed by atoms with Crippen LogP contribution < -0.4 is 16.2 Å². The smallest absolute Gasteiger partial charge is 0.252 e. The molecule has 5 nitrogen and oxygen atoms in total. The highest BCUT2D eigenvalue weighted by atomic mass is 32.2. The van der Waals surface area contributed by atoms with E-state index in [1.165, 1.54) is 16.3 Å². The minimum Gasteiger partial charge on any atom is -0.381 e. The molecule has 0 bridgehead atoms. The molecule has 5 rings (SSSR count). The van der Waals surface area contributed by atoms with E-state index in [9.17, 15) is 9.59 Å². The van der Waals surface area contributed by atoms with Crippen LogP contribution in [0.25, 0.3) is 10.8 Å². The fourth-order valence-electron chi connectivity index (χ4n) is 4.49. The van der Waals surface area contributed by atoms with E-state index in [1.807, 2.05) is 42.5 Å². The lowest BCUT2D eigenvalue weighted by Gasteiger charge is -2.21. The number of hydrogen-bond acceptors (Lipinski definition) is 4. The van der Waals surface area contributed by atoms with Crippen molar-refractivity contribution in [1.82, 2.24) is 4.57 Å². The summed E-state index contributed by atoms with van der Waals surface area (Å²) in [5, 5.41) is 9.73. The number of fused-ring (bicyclic) bond motifs is 2. The lowest BCUT2D eigenvalue weighted by Crippen LogP contribution is -2.33. The van der Waals surface area contributed by atoms with Gasteiger partial charge in [-0.3, -0.25) is 14.2 Å². The second kappa shape index (κ2) is 9.39. The summed E-state index contributed by atoms with van der Waals surface area (Å²) in [5.74, 6) is 0.357. The minimum absolute atomic E-state index is 0.141. The molecule has 6 heteroatoms. The zero-order valence-electron chi connectivity index (χ0n) is 19.2. The second-order valence-corrected chi connectivity index (χ2v) is 9.86. The van der Waals surface area contributed by atoms with Crippen LogP contribution in [-0.4, -0.2) is 22.3 Å². The maximum atomic E-state index is 13.3. The third kappa shape index (κ3) is 4.33. The van der Waals surface area contributed by atoms with E-state index < -0.39 is 6.04 Å². The fraction of sp³-hybridized carbons (Fsp3) is 0.214. The van der Waals surface area contributed by atoms with Gasteiger partial charge in [-0.15, -0.1) is 11.8 Å². The van der Waals surface area contributed by atoms with Crippen LogP contribution in [0.2, 0.25) is 0 Å². The number of nitrogens with zero attached hydrogens (tertiary/aromatic N) is 1. The van der Waals surface area contributed by atoms with Crippen LogP contribution in [0.15, 0.2) is 88.7 Å². The number of anilines is 2. The van der Waals surface area contributed by atoms with Crippen LogP contribution >= 0.6 is 11.8 Å². The van der Waals surface area contributed by atoms with Crippen molar-refractivity contribution in [3.63, 3.8) is 0 Å². The molecule has 2 N–H and O–H groups in total. The number of carbonyl (C=O) groups is 1. The summed E-state index contributed by atoms with van der Waals surface area (Å²) < 4.78 is 1.65. The van der Waals surface area contributed by atoms with Gasteiger partial charge in [-0.2, -0.15) is 0 Å². The Morgan fingerprint density at radius 2 is 1.74 bits per heavy atom. The zero-order chi connectivity index (χ0) is 23.7. The number of para-hydroxylation sites is 1. The van der Waals surface area contributed by atoms with Crippen molar-refractivity contribution in [2.75, 3.05) is 16.4 Å². The fourth-order valence-corrected chi connectivity index (χ4v) is 5.80. The van der Waals surface area contributed by atoms with Gasteiger partial charge in [-0.25, -0.2) is 0 Å². The van der Waals surface area contributed by atoms with Crippen molar-refractivity contribution in [2.24, 2.45) is 0 Å². The molecule has 1 aromatic heterocycles. The van der Waals surface area contributed by atoms with Gasteiger partial charge in [0.05, 0.1) is 5.69 Å². The highest BCUT2D eigenvalue weighted by Crippen LogP contribution is 2.40. The number of rotatable bonds is 6. The van der Waals surface area contributed by atoms with Gasteiger partial charge in [0.15, 0.2) is 0 Å². The van der Waals surface area contributed by atoms with E-state index in [-0.39, 0.29) is 17.5 Å². The van der Waals surface area contributed by atoms with Gasteiger partial charge in [-0.05, 0) is 47.9 Å². The van der Waals surface area contributed by atoms with Gasteiger partial charge >= 0.3 is 0 Å². The average Bonchev–Trinajstić information content (AvgIpc) is 3.28. The molecule has 1 amide bonds. The van der Waals surface area contributed by atoms with Crippen LogP contribution in [0.4, 0.5) is 11.4 Å². The number of pyridine rings is 1. The van der Waals surface area contributed by atoms with Crippen molar-refractivity contribution in [2.45, 2.75) is 37.4 Å². The Bertz CT molecular complexity index is 1410. The van der Waals surface area contributed by atoms with Crippen LogP contribution in [0.1, 0.15) is 31.0 Å². The van der Waals surface area contributed by atoms with Gasteiger partial charge in [0.1, 0.15) is 11.1 Å². The number of hydrogen-bond donors (Lipinski definition) is 2. The second-order valence-electron chi connectivity index (χ2n) is 8.85. The highest BCUT2D eigenvalue weighted by Gasteiger charge is 2.33. The summed E-state index contributed by atoms with van der Waals surface area (Å²) >= 11 is 1.57. The topological polar surface area (TPSA) is 63.1 Å². The summed E-state index contributed by atoms with van der Waals surface area (Å²) in [6.45, 7) is 4.17. The zero-order valence-corrected chi connectivity index (χ0v) is 20.1. The largest absolute Gasteiger partial charge is 0.381 e. The predicted molar refractivity (Wildman–Crippen MR) is 141 cm³/mol. The first-order chi connectivity index (χ1) is 16.5. The summed E-state index contributed by atoms with van der Waals surface area (Å²) in [6.07, 6.45) is 0.640. The summed E-state index contributed by atoms with van der Waals surface area (Å²) in [4.78, 5) is 26.4. The van der Waals surface area contributed by atoms with Crippen molar-refractivity contribution in [1.29, 1.82) is 0 Å². The molecule has 1 aliphatic rings. The molecule has 0 aliphatic carbocycles. The molecular formula is C28H27N3O2S. The van der Waals surface area contributed by atoms with E-state index >= 15 is 0 Å². The highest BCUT2D eigenvalue weighted by molar-refractivity contribution is 7.99. The first kappa shape index (κ1) is 22.3. The molecule has 2 heterocycles. The number of benzene rings is 3. The molecule has 3 aromatic carbocycles. The van der Waals surface area contributed by atoms with Crippen molar-refractivity contribution in [3.05, 3.63) is 100 Å². The average molecular weight is 470 g/mol. The summed E-state index contributed by atoms with van der Waals surface area (Å²) in [6, 6.07) is 25.3. The molecule has 4 aromatic rings. The quantitative estimate of drug-likeness (QED) is 0.380. The third-order valence-electron chi connectivity index (χ3n) is 6.02. The van der Waals surface area contributed by atoms with Gasteiger partial charge < -0.3 is 10.6 Å². The Hall–Kier alpha value is -3.51. The van der Waals surface area contributed by atoms with Crippen LogP contribution in [0.3, 0.4) is 0 Å². The van der Waals surface area contributed by atoms with E-state index in [2.05, 4.69) is 54.8 Å². The third-order valence-corrected chi connectivity index (χ3v) is 7.17. The molecule has 34 heavy (non-hydrogen) atoms. The standard InChI is InChI=1S/C28H27N3O2S/c1-18(2)29-26-21(15-20-11-8-10-19-9-6-7-14-23(19)20)16-25(32)31-24(17-34-28(26)31)27(33)30-22-12-4-3-5-13-22/h3-14,16,18,24,29H,15,17H2,1-2H3,(H,30,33)/t24-/m0/s1. The molecule has 1 atom stereocenters. The molecule has 0 spiro atoms. The molecule has 172 valence electrons. The van der Waals surface area contributed by atoms with Crippen molar-refractivity contribution >= 4 is 39.8 Å². The Morgan fingerprint density at radius 3 is 2.53 bits per heavy atom. The molecule has 0 saturated carbocycles. The van der Waals surface area contributed by atoms with Gasteiger partial charge in [-0.1, -0.05) is 60.7 Å². The van der Waals surface area contributed by atoms with Crippen LogP contribution in [0.5, 0.6) is 0 Å². The maximum absolute atomic E-state index is 13.3. The Morgan fingerprint density at radius 1 is 1.00 bits per heavy atom. The molecule has 1 aliphatic heterocycles. The molecular weight excluding hydrogens is 442 g/mol. The Balaban J connectivity index is 1.54. The number of nitrogens with one attached hydrogen (secondary N) is 2. The molecule has 0 radical (unpaired) electrons. The number of thioether (sulfide) groups is 1. The van der Waals surface area contributed by atoms with Gasteiger partial charge in [0, 0.05) is 30.0 Å². The first-order valence-corrected chi connectivity index (χ1v) is 12.5. The van der Waals surface area contributed by atoms with E-state index in [4.69, 9.17) is 0 Å². The van der Waals surface area contributed by atoms with E-state index in [0.29, 0.717) is 12.2 Å². The normalized spacial score (nSPS) is 14.9. The van der Waals surface area contributed by atoms with Crippen molar-refractivity contribution < 1.29 is 4.79 Å². The molecule has 0 saturated heterocycles. The lowest BCUT2D eigenvalue weighted by molar-refractivity contribution is -0.118. The lowest BCUT2D eigenvalue weighted by atomic mass is 9.98. The van der Waals surface area contributed by atoms with Crippen LogP contribution in [0, 0.1) is 0 Å². The predicted octanol–water partition coefficient (Wildman–Crippen LogP) is 5.70. The molecule has 0 fully saturated rings. The monoisotopic (exact) mass is 469 g/mol. The van der Waals surface area contributed by atoms with E-state index in [0.717, 1.165) is 22.0 Å². The summed E-state index contributed by atoms with van der Waals surface area (Å²) in [5.41, 5.74) is 3.67. The van der Waals surface area contributed by atoms with Gasteiger partial charge in [0.25, 0.3) is 5.56 Å².